The number of piperidine rings is 1. The van der Waals surface area contributed by atoms with E-state index in [1.165, 1.54) is 0 Å². The molecule has 1 saturated heterocycles. The summed E-state index contributed by atoms with van der Waals surface area (Å²) >= 11 is 0. The number of ketones is 1. The first kappa shape index (κ1) is 10.6. The lowest BCUT2D eigenvalue weighted by Gasteiger charge is -2.30. The molecule has 1 fully saturated rings. The summed E-state index contributed by atoms with van der Waals surface area (Å²) in [5, 5.41) is 0. The van der Waals surface area contributed by atoms with Crippen molar-refractivity contribution in [3.8, 4) is 0 Å². The van der Waals surface area contributed by atoms with E-state index in [0.29, 0.717) is 25.2 Å². The molecule has 0 aliphatic carbocycles. The molecule has 0 aromatic carbocycles. The second kappa shape index (κ2) is 4.70. The third-order valence-electron chi connectivity index (χ3n) is 2.66. The van der Waals surface area contributed by atoms with Gasteiger partial charge in [-0.1, -0.05) is 13.8 Å². The van der Waals surface area contributed by atoms with E-state index in [2.05, 4.69) is 4.90 Å². The number of alkyl halides is 1. The Kier molecular flexibility index (Phi) is 3.85. The highest BCUT2D eigenvalue weighted by atomic mass is 19.1. The Balaban J connectivity index is 2.33. The Bertz CT molecular complexity index is 184. The number of halogens is 1. The van der Waals surface area contributed by atoms with Crippen molar-refractivity contribution in [3.63, 3.8) is 0 Å². The molecule has 0 spiro atoms. The fourth-order valence-corrected chi connectivity index (χ4v) is 1.67. The number of nitrogens with zero attached hydrogens (tertiary/aromatic N) is 1. The van der Waals surface area contributed by atoms with Gasteiger partial charge in [0.15, 0.2) is 0 Å². The van der Waals surface area contributed by atoms with Crippen molar-refractivity contribution in [2.24, 2.45) is 5.92 Å². The van der Waals surface area contributed by atoms with Crippen LogP contribution in [0.25, 0.3) is 0 Å². The molecule has 3 heteroatoms. The summed E-state index contributed by atoms with van der Waals surface area (Å²) in [6.07, 6.45) is 0.427. The molecule has 0 bridgehead atoms. The maximum atomic E-state index is 13.0. The largest absolute Gasteiger partial charge is 0.299 e. The molecule has 0 radical (unpaired) electrons. The number of hydrogen-bond donors (Lipinski definition) is 0. The van der Waals surface area contributed by atoms with Gasteiger partial charge in [-0.2, -0.15) is 0 Å². The molecule has 2 atom stereocenters. The lowest BCUT2D eigenvalue weighted by Crippen LogP contribution is -2.42. The van der Waals surface area contributed by atoms with Crippen LogP contribution in [0, 0.1) is 5.92 Å². The van der Waals surface area contributed by atoms with Gasteiger partial charge in [0.05, 0.1) is 0 Å². The molecule has 0 aromatic heterocycles. The summed E-state index contributed by atoms with van der Waals surface area (Å²) in [6.45, 7) is 5.74. The van der Waals surface area contributed by atoms with Crippen LogP contribution in [0.5, 0.6) is 0 Å². The standard InChI is InChI=1S/C10H18FNO/c1-3-9(11)7-12-5-4-10(13)8(2)6-12/h8-9H,3-7H2,1-2H3. The third kappa shape index (κ3) is 3.07. The average Bonchev–Trinajstić information content (AvgIpc) is 2.11. The van der Waals surface area contributed by atoms with E-state index < -0.39 is 6.17 Å². The minimum Gasteiger partial charge on any atom is -0.299 e. The fraction of sp³-hybridized carbons (Fsp3) is 0.900. The lowest BCUT2D eigenvalue weighted by atomic mass is 9.98. The third-order valence-corrected chi connectivity index (χ3v) is 2.66. The van der Waals surface area contributed by atoms with Crippen molar-refractivity contribution in [2.75, 3.05) is 19.6 Å². The Morgan fingerprint density at radius 3 is 2.92 bits per heavy atom. The van der Waals surface area contributed by atoms with E-state index in [0.717, 1.165) is 13.1 Å². The molecule has 1 aliphatic heterocycles. The van der Waals surface area contributed by atoms with Crippen molar-refractivity contribution in [3.05, 3.63) is 0 Å². The van der Waals surface area contributed by atoms with Crippen molar-refractivity contribution in [1.82, 2.24) is 4.90 Å². The number of hydrogen-bond acceptors (Lipinski definition) is 2. The molecule has 76 valence electrons. The van der Waals surface area contributed by atoms with Crippen LogP contribution in [0.15, 0.2) is 0 Å². The molecule has 0 aromatic rings. The molecule has 2 unspecified atom stereocenters. The fourth-order valence-electron chi connectivity index (χ4n) is 1.67. The maximum Gasteiger partial charge on any atom is 0.138 e. The number of carbonyl (C=O) groups is 1. The minimum absolute atomic E-state index is 0.0952. The monoisotopic (exact) mass is 187 g/mol. The van der Waals surface area contributed by atoms with Crippen molar-refractivity contribution < 1.29 is 9.18 Å². The summed E-state index contributed by atoms with van der Waals surface area (Å²) in [5.41, 5.74) is 0. The Hall–Kier alpha value is -0.440. The summed E-state index contributed by atoms with van der Waals surface area (Å²) < 4.78 is 13.0. The van der Waals surface area contributed by atoms with Gasteiger partial charge in [-0.15, -0.1) is 0 Å². The van der Waals surface area contributed by atoms with Gasteiger partial charge >= 0.3 is 0 Å². The van der Waals surface area contributed by atoms with Gasteiger partial charge < -0.3 is 0 Å². The van der Waals surface area contributed by atoms with Crippen molar-refractivity contribution in [2.45, 2.75) is 32.9 Å². The highest BCUT2D eigenvalue weighted by Gasteiger charge is 2.24. The summed E-state index contributed by atoms with van der Waals surface area (Å²) in [6, 6.07) is 0. The molecular weight excluding hydrogens is 169 g/mol. The van der Waals surface area contributed by atoms with Crippen LogP contribution in [-0.2, 0) is 4.79 Å². The van der Waals surface area contributed by atoms with E-state index in [4.69, 9.17) is 0 Å². The highest BCUT2D eigenvalue weighted by Crippen LogP contribution is 2.13. The molecule has 0 amide bonds. The minimum atomic E-state index is -0.736. The summed E-state index contributed by atoms with van der Waals surface area (Å²) in [5.74, 6) is 0.418. The predicted octanol–water partition coefficient (Wildman–Crippen LogP) is 1.65. The lowest BCUT2D eigenvalue weighted by molar-refractivity contribution is -0.125. The van der Waals surface area contributed by atoms with Gasteiger partial charge in [-0.3, -0.25) is 9.69 Å². The molecule has 0 N–H and O–H groups in total. The predicted molar refractivity (Wildman–Crippen MR) is 50.4 cm³/mol. The van der Waals surface area contributed by atoms with E-state index in [-0.39, 0.29) is 5.92 Å². The zero-order valence-corrected chi connectivity index (χ0v) is 8.42. The van der Waals surface area contributed by atoms with Gasteiger partial charge in [-0.25, -0.2) is 4.39 Å². The molecule has 0 saturated carbocycles. The van der Waals surface area contributed by atoms with Crippen LogP contribution in [0.3, 0.4) is 0 Å². The Morgan fingerprint density at radius 1 is 1.69 bits per heavy atom. The first-order chi connectivity index (χ1) is 6.13. The quantitative estimate of drug-likeness (QED) is 0.669. The smallest absolute Gasteiger partial charge is 0.138 e. The Morgan fingerprint density at radius 2 is 2.38 bits per heavy atom. The number of likely N-dealkylation sites (tertiary alicyclic amines) is 1. The summed E-state index contributed by atoms with van der Waals surface area (Å²) in [4.78, 5) is 13.2. The van der Waals surface area contributed by atoms with Crippen LogP contribution in [-0.4, -0.2) is 36.5 Å². The van der Waals surface area contributed by atoms with E-state index in [1.807, 2.05) is 13.8 Å². The summed E-state index contributed by atoms with van der Waals surface area (Å²) in [7, 11) is 0. The zero-order chi connectivity index (χ0) is 9.84. The van der Waals surface area contributed by atoms with Crippen LogP contribution >= 0.6 is 0 Å². The number of carbonyl (C=O) groups excluding carboxylic acids is 1. The first-order valence-electron chi connectivity index (χ1n) is 5.02. The van der Waals surface area contributed by atoms with E-state index in [9.17, 15) is 9.18 Å². The number of Topliss-reactive ketones (excluding diaryl/α,β-unsaturated/α-hetero) is 1. The molecular formula is C10H18FNO. The molecule has 1 aliphatic rings. The van der Waals surface area contributed by atoms with Crippen LogP contribution in [0.2, 0.25) is 0 Å². The molecule has 1 heterocycles. The first-order valence-corrected chi connectivity index (χ1v) is 5.02. The SMILES string of the molecule is CCC(F)CN1CCC(=O)C(C)C1. The molecule has 13 heavy (non-hydrogen) atoms. The maximum absolute atomic E-state index is 13.0. The van der Waals surface area contributed by atoms with E-state index >= 15 is 0 Å². The van der Waals surface area contributed by atoms with Crippen LogP contribution in [0.1, 0.15) is 26.7 Å². The zero-order valence-electron chi connectivity index (χ0n) is 8.42. The molecule has 1 rings (SSSR count). The van der Waals surface area contributed by atoms with Gasteiger partial charge in [0.1, 0.15) is 12.0 Å². The van der Waals surface area contributed by atoms with Gasteiger partial charge in [-0.05, 0) is 6.42 Å². The van der Waals surface area contributed by atoms with Gasteiger partial charge in [0.25, 0.3) is 0 Å². The van der Waals surface area contributed by atoms with Gasteiger partial charge in [0.2, 0.25) is 0 Å². The second-order valence-corrected chi connectivity index (χ2v) is 3.88. The van der Waals surface area contributed by atoms with Crippen LogP contribution < -0.4 is 0 Å². The van der Waals surface area contributed by atoms with Gasteiger partial charge in [0, 0.05) is 32.0 Å². The Labute approximate surface area is 79.1 Å². The highest BCUT2D eigenvalue weighted by molar-refractivity contribution is 5.81. The average molecular weight is 187 g/mol. The second-order valence-electron chi connectivity index (χ2n) is 3.88. The van der Waals surface area contributed by atoms with Crippen molar-refractivity contribution in [1.29, 1.82) is 0 Å². The number of rotatable bonds is 3. The van der Waals surface area contributed by atoms with E-state index in [1.54, 1.807) is 0 Å². The molecule has 2 nitrogen and oxygen atoms in total. The normalized spacial score (nSPS) is 27.6. The topological polar surface area (TPSA) is 20.3 Å². The van der Waals surface area contributed by atoms with Crippen molar-refractivity contribution >= 4 is 5.78 Å². The van der Waals surface area contributed by atoms with Crippen LogP contribution in [0.4, 0.5) is 4.39 Å².